The molecule has 6 rings (SSSR count). The summed E-state index contributed by atoms with van der Waals surface area (Å²) >= 11 is 0. The first-order chi connectivity index (χ1) is 18.9. The molecule has 3 heterocycles. The van der Waals surface area contributed by atoms with E-state index in [9.17, 15) is 9.59 Å². The maximum absolute atomic E-state index is 14.0. The van der Waals surface area contributed by atoms with Gasteiger partial charge in [0.15, 0.2) is 11.5 Å². The number of methoxy groups -OCH3 is 2. The van der Waals surface area contributed by atoms with E-state index in [1.165, 1.54) is 10.5 Å². The highest BCUT2D eigenvalue weighted by molar-refractivity contribution is 6.05. The van der Waals surface area contributed by atoms with Crippen LogP contribution in [-0.4, -0.2) is 53.5 Å². The van der Waals surface area contributed by atoms with Gasteiger partial charge >= 0.3 is 6.03 Å². The van der Waals surface area contributed by atoms with Crippen LogP contribution in [0.25, 0.3) is 10.9 Å². The maximum Gasteiger partial charge on any atom is 0.328 e. The number of amides is 3. The van der Waals surface area contributed by atoms with Gasteiger partial charge in [-0.2, -0.15) is 0 Å². The number of urea groups is 1. The Kier molecular flexibility index (Phi) is 6.29. The van der Waals surface area contributed by atoms with Crippen molar-refractivity contribution in [3.05, 3.63) is 94.7 Å². The fourth-order valence-corrected chi connectivity index (χ4v) is 6.02. The van der Waals surface area contributed by atoms with E-state index in [2.05, 4.69) is 55.2 Å². The number of aromatic amines is 1. The summed E-state index contributed by atoms with van der Waals surface area (Å²) in [7, 11) is 3.19. The highest BCUT2D eigenvalue weighted by Gasteiger charge is 2.52. The molecule has 3 aromatic carbocycles. The minimum Gasteiger partial charge on any atom is -0.493 e. The zero-order valence-electron chi connectivity index (χ0n) is 22.7. The Morgan fingerprint density at radius 1 is 0.949 bits per heavy atom. The van der Waals surface area contributed by atoms with E-state index in [1.54, 1.807) is 19.1 Å². The van der Waals surface area contributed by atoms with Crippen molar-refractivity contribution >= 4 is 22.8 Å². The van der Waals surface area contributed by atoms with Crippen LogP contribution in [0.4, 0.5) is 4.79 Å². The quantitative estimate of drug-likeness (QED) is 0.309. The van der Waals surface area contributed by atoms with Gasteiger partial charge in [0, 0.05) is 29.6 Å². The largest absolute Gasteiger partial charge is 0.493 e. The zero-order valence-corrected chi connectivity index (χ0v) is 22.7. The number of hydrogen-bond acceptors (Lipinski definition) is 4. The van der Waals surface area contributed by atoms with Crippen LogP contribution in [0, 0.1) is 0 Å². The molecular formula is C32H33N3O4. The van der Waals surface area contributed by atoms with Crippen molar-refractivity contribution < 1.29 is 19.1 Å². The second-order valence-electron chi connectivity index (χ2n) is 10.6. The third-order valence-electron chi connectivity index (χ3n) is 8.13. The Labute approximate surface area is 228 Å². The normalized spacial score (nSPS) is 18.6. The summed E-state index contributed by atoms with van der Waals surface area (Å²) in [6.07, 6.45) is 1.03. The van der Waals surface area contributed by atoms with Crippen molar-refractivity contribution in [2.75, 3.05) is 20.8 Å². The van der Waals surface area contributed by atoms with Crippen molar-refractivity contribution in [3.8, 4) is 11.5 Å². The summed E-state index contributed by atoms with van der Waals surface area (Å²) in [6, 6.07) is 21.2. The van der Waals surface area contributed by atoms with E-state index < -0.39 is 6.04 Å². The molecule has 2 atom stereocenters. The van der Waals surface area contributed by atoms with E-state index in [-0.39, 0.29) is 18.0 Å². The number of hydrogen-bond donors (Lipinski definition) is 1. The molecule has 0 spiro atoms. The molecule has 0 aliphatic carbocycles. The lowest BCUT2D eigenvalue weighted by Crippen LogP contribution is -2.44. The van der Waals surface area contributed by atoms with Crippen LogP contribution in [0.1, 0.15) is 53.8 Å². The Morgan fingerprint density at radius 3 is 2.41 bits per heavy atom. The number of aromatic nitrogens is 1. The second-order valence-corrected chi connectivity index (χ2v) is 10.6. The lowest BCUT2D eigenvalue weighted by atomic mass is 9.88. The number of nitrogens with zero attached hydrogens (tertiary/aromatic N) is 2. The van der Waals surface area contributed by atoms with E-state index in [0.717, 1.165) is 33.3 Å². The third-order valence-corrected chi connectivity index (χ3v) is 8.13. The maximum atomic E-state index is 14.0. The summed E-state index contributed by atoms with van der Waals surface area (Å²) in [5.41, 5.74) is 6.34. The van der Waals surface area contributed by atoms with Crippen LogP contribution >= 0.6 is 0 Å². The van der Waals surface area contributed by atoms with Crippen LogP contribution in [0.2, 0.25) is 0 Å². The molecule has 2 aliphatic rings. The first-order valence-electron chi connectivity index (χ1n) is 13.4. The Balaban J connectivity index is 1.36. The van der Waals surface area contributed by atoms with Crippen LogP contribution < -0.4 is 9.47 Å². The van der Waals surface area contributed by atoms with Crippen LogP contribution in [0.15, 0.2) is 66.7 Å². The smallest absolute Gasteiger partial charge is 0.328 e. The van der Waals surface area contributed by atoms with E-state index in [4.69, 9.17) is 9.47 Å². The molecule has 1 fully saturated rings. The molecule has 2 aliphatic heterocycles. The van der Waals surface area contributed by atoms with Gasteiger partial charge in [-0.1, -0.05) is 62.4 Å². The van der Waals surface area contributed by atoms with Crippen molar-refractivity contribution in [2.45, 2.75) is 44.7 Å². The number of benzene rings is 3. The Bertz CT molecular complexity index is 1560. The van der Waals surface area contributed by atoms with E-state index in [0.29, 0.717) is 36.8 Å². The van der Waals surface area contributed by atoms with Crippen molar-refractivity contribution in [3.63, 3.8) is 0 Å². The molecule has 0 radical (unpaired) electrons. The molecule has 4 aromatic rings. The summed E-state index contributed by atoms with van der Waals surface area (Å²) in [4.78, 5) is 34.6. The molecule has 7 nitrogen and oxygen atoms in total. The van der Waals surface area contributed by atoms with Crippen molar-refractivity contribution in [2.24, 2.45) is 0 Å². The predicted molar refractivity (Wildman–Crippen MR) is 150 cm³/mol. The fraction of sp³-hybridized carbons (Fsp3) is 0.312. The highest BCUT2D eigenvalue weighted by Crippen LogP contribution is 2.44. The molecule has 1 N–H and O–H groups in total. The molecule has 0 saturated carbocycles. The number of imide groups is 1. The van der Waals surface area contributed by atoms with Gasteiger partial charge in [0.05, 0.1) is 14.2 Å². The monoisotopic (exact) mass is 523 g/mol. The molecule has 1 saturated heterocycles. The van der Waals surface area contributed by atoms with Gasteiger partial charge in [-0.3, -0.25) is 14.6 Å². The number of para-hydroxylation sites is 1. The minimum absolute atomic E-state index is 0.139. The summed E-state index contributed by atoms with van der Waals surface area (Å²) in [5.74, 6) is 1.54. The third kappa shape index (κ3) is 4.13. The number of H-pyrrole nitrogens is 1. The average molecular weight is 524 g/mol. The Hall–Kier alpha value is -4.26. The van der Waals surface area contributed by atoms with Crippen molar-refractivity contribution in [1.82, 2.24) is 14.8 Å². The van der Waals surface area contributed by atoms with Gasteiger partial charge in [0.2, 0.25) is 0 Å². The molecule has 39 heavy (non-hydrogen) atoms. The van der Waals surface area contributed by atoms with Gasteiger partial charge in [-0.25, -0.2) is 4.79 Å². The highest BCUT2D eigenvalue weighted by atomic mass is 16.5. The molecule has 200 valence electrons. The number of carbonyl (C=O) groups excluding carboxylic acids is 2. The number of carbonyl (C=O) groups is 2. The topological polar surface area (TPSA) is 74.9 Å². The zero-order chi connectivity index (χ0) is 27.3. The van der Waals surface area contributed by atoms with Gasteiger partial charge < -0.3 is 14.5 Å². The number of fused-ring (bicyclic) bond motifs is 4. The van der Waals surface area contributed by atoms with Gasteiger partial charge in [0.1, 0.15) is 12.1 Å². The summed E-state index contributed by atoms with van der Waals surface area (Å²) in [5, 5.41) is 1.11. The first kappa shape index (κ1) is 25.0. The van der Waals surface area contributed by atoms with Gasteiger partial charge in [0.25, 0.3) is 5.91 Å². The van der Waals surface area contributed by atoms with Gasteiger partial charge in [-0.15, -0.1) is 0 Å². The molecule has 1 aromatic heterocycles. The van der Waals surface area contributed by atoms with E-state index >= 15 is 0 Å². The lowest BCUT2D eigenvalue weighted by Gasteiger charge is -2.36. The fourth-order valence-electron chi connectivity index (χ4n) is 6.02. The standard InChI is InChI=1S/C32H33N3O4/c1-19(2)21-10-12-22(13-11-21)30-29-24(23-7-5-6-8-25(23)33-29)18-26-31(36)34(32(37)35(26)30)16-15-20-9-14-27(38-3)28(17-20)39-4/h5-14,17,19,26,30,33H,15-16,18H2,1-4H3/t26-,30-/m1/s1. The molecule has 3 amide bonds. The van der Waals surface area contributed by atoms with Crippen LogP contribution in [0.5, 0.6) is 11.5 Å². The summed E-state index contributed by atoms with van der Waals surface area (Å²) in [6.45, 7) is 4.63. The summed E-state index contributed by atoms with van der Waals surface area (Å²) < 4.78 is 10.8. The van der Waals surface area contributed by atoms with Crippen LogP contribution in [-0.2, 0) is 17.6 Å². The Morgan fingerprint density at radius 2 is 1.69 bits per heavy atom. The molecular weight excluding hydrogens is 490 g/mol. The number of nitrogens with one attached hydrogen (secondary N) is 1. The molecule has 7 heteroatoms. The number of rotatable bonds is 7. The van der Waals surface area contributed by atoms with E-state index in [1.807, 2.05) is 30.3 Å². The van der Waals surface area contributed by atoms with Crippen molar-refractivity contribution in [1.29, 1.82) is 0 Å². The predicted octanol–water partition coefficient (Wildman–Crippen LogP) is 5.83. The first-order valence-corrected chi connectivity index (χ1v) is 13.4. The second kappa shape index (κ2) is 9.80. The van der Waals surface area contributed by atoms with Gasteiger partial charge in [-0.05, 0) is 52.8 Å². The lowest BCUT2D eigenvalue weighted by molar-refractivity contribution is -0.128. The molecule has 0 unspecified atom stereocenters. The number of ether oxygens (including phenoxy) is 2. The SMILES string of the molecule is COc1ccc(CCN2C(=O)[C@H]3Cc4c([nH]c5ccccc45)[C@@H](c4ccc(C(C)C)cc4)N3C2=O)cc1OC. The van der Waals surface area contributed by atoms with Crippen LogP contribution in [0.3, 0.4) is 0 Å². The minimum atomic E-state index is -0.538. The molecule has 0 bridgehead atoms. The average Bonchev–Trinajstić information content (AvgIpc) is 3.44.